The second-order valence-corrected chi connectivity index (χ2v) is 9.24. The number of rotatable bonds is 8. The minimum atomic E-state index is -0.835. The Balaban J connectivity index is 1.21. The Morgan fingerprint density at radius 2 is 1.68 bits per heavy atom. The predicted octanol–water partition coefficient (Wildman–Crippen LogP) is 3.43. The van der Waals surface area contributed by atoms with Gasteiger partial charge in [0.1, 0.15) is 0 Å². The van der Waals surface area contributed by atoms with Crippen LogP contribution in [0.1, 0.15) is 24.5 Å². The van der Waals surface area contributed by atoms with Crippen molar-refractivity contribution in [3.8, 4) is 0 Å². The lowest BCUT2D eigenvalue weighted by atomic mass is 10.1. The topological polar surface area (TPSA) is 50.9 Å². The van der Waals surface area contributed by atoms with Gasteiger partial charge in [-0.3, -0.25) is 4.90 Å². The zero-order valence-corrected chi connectivity index (χ0v) is 19.9. The summed E-state index contributed by atoms with van der Waals surface area (Å²) in [5.41, 5.74) is 3.07. The largest absolute Gasteiger partial charge is 0.371 e. The van der Waals surface area contributed by atoms with E-state index < -0.39 is 11.6 Å². The van der Waals surface area contributed by atoms with Crippen LogP contribution >= 0.6 is 0 Å². The predicted molar refractivity (Wildman–Crippen MR) is 131 cm³/mol. The number of urea groups is 1. The lowest BCUT2D eigenvalue weighted by Gasteiger charge is -2.34. The van der Waals surface area contributed by atoms with Gasteiger partial charge < -0.3 is 20.4 Å². The highest BCUT2D eigenvalue weighted by molar-refractivity contribution is 5.73. The first-order valence-electron chi connectivity index (χ1n) is 12.2. The molecule has 0 aromatic heterocycles. The second-order valence-electron chi connectivity index (χ2n) is 9.24. The minimum absolute atomic E-state index is 0.183. The molecule has 8 heteroatoms. The maximum absolute atomic E-state index is 13.5. The fraction of sp³-hybridized carbons (Fsp3) is 0.500. The van der Waals surface area contributed by atoms with Gasteiger partial charge in [0.2, 0.25) is 0 Å². The summed E-state index contributed by atoms with van der Waals surface area (Å²) >= 11 is 0. The van der Waals surface area contributed by atoms with E-state index in [1.165, 1.54) is 11.6 Å². The summed E-state index contributed by atoms with van der Waals surface area (Å²) in [6.07, 6.45) is 0.896. The van der Waals surface area contributed by atoms with E-state index in [4.69, 9.17) is 0 Å². The zero-order chi connectivity index (χ0) is 23.9. The zero-order valence-electron chi connectivity index (χ0n) is 19.9. The van der Waals surface area contributed by atoms with Crippen LogP contribution in [-0.4, -0.2) is 68.2 Å². The number of carbonyl (C=O) groups is 1. The molecule has 2 aliphatic rings. The van der Waals surface area contributed by atoms with Gasteiger partial charge in [0.15, 0.2) is 11.6 Å². The molecule has 0 bridgehead atoms. The Bertz CT molecular complexity index is 964. The number of piperazine rings is 1. The van der Waals surface area contributed by atoms with E-state index in [2.05, 4.69) is 45.6 Å². The van der Waals surface area contributed by atoms with Gasteiger partial charge in [0.05, 0.1) is 0 Å². The van der Waals surface area contributed by atoms with Gasteiger partial charge in [0, 0.05) is 70.7 Å². The van der Waals surface area contributed by atoms with Crippen molar-refractivity contribution in [3.63, 3.8) is 0 Å². The van der Waals surface area contributed by atoms with Crippen LogP contribution in [0.5, 0.6) is 0 Å². The van der Waals surface area contributed by atoms with Crippen molar-refractivity contribution in [3.05, 3.63) is 65.2 Å². The first-order valence-corrected chi connectivity index (χ1v) is 12.2. The Hall–Kier alpha value is -2.71. The highest BCUT2D eigenvalue weighted by Crippen LogP contribution is 2.25. The molecule has 0 radical (unpaired) electrons. The van der Waals surface area contributed by atoms with Crippen molar-refractivity contribution in [2.24, 2.45) is 5.92 Å². The van der Waals surface area contributed by atoms with E-state index >= 15 is 0 Å². The number of amides is 2. The fourth-order valence-electron chi connectivity index (χ4n) is 4.78. The van der Waals surface area contributed by atoms with Gasteiger partial charge in [-0.1, -0.05) is 31.2 Å². The van der Waals surface area contributed by atoms with E-state index in [1.807, 2.05) is 11.0 Å². The molecule has 2 heterocycles. The summed E-state index contributed by atoms with van der Waals surface area (Å²) in [7, 11) is 0. The van der Waals surface area contributed by atoms with E-state index in [0.29, 0.717) is 25.3 Å². The van der Waals surface area contributed by atoms with Crippen LogP contribution in [-0.2, 0) is 13.1 Å². The van der Waals surface area contributed by atoms with E-state index in [0.717, 1.165) is 63.9 Å². The molecule has 2 aliphatic heterocycles. The molecule has 2 aromatic carbocycles. The Morgan fingerprint density at radius 1 is 0.941 bits per heavy atom. The molecule has 4 rings (SSSR count). The van der Waals surface area contributed by atoms with Crippen molar-refractivity contribution in [2.75, 3.05) is 57.3 Å². The summed E-state index contributed by atoms with van der Waals surface area (Å²) in [5, 5.41) is 5.96. The van der Waals surface area contributed by atoms with Gasteiger partial charge in [-0.2, -0.15) is 0 Å². The molecule has 1 unspecified atom stereocenters. The first kappa shape index (κ1) is 24.4. The number of nitrogens with zero attached hydrogens (tertiary/aromatic N) is 3. The van der Waals surface area contributed by atoms with Crippen molar-refractivity contribution in [1.82, 2.24) is 20.4 Å². The fourth-order valence-corrected chi connectivity index (χ4v) is 4.78. The normalized spacial score (nSPS) is 19.4. The number of nitrogens with one attached hydrogen (secondary N) is 2. The number of hydrogen-bond acceptors (Lipinski definition) is 4. The molecule has 2 fully saturated rings. The molecule has 34 heavy (non-hydrogen) atoms. The molecular weight excluding hydrogens is 436 g/mol. The van der Waals surface area contributed by atoms with Crippen molar-refractivity contribution in [2.45, 2.75) is 26.4 Å². The van der Waals surface area contributed by atoms with Crippen LogP contribution < -0.4 is 15.5 Å². The molecule has 2 amide bonds. The molecule has 2 N–H and O–H groups in total. The van der Waals surface area contributed by atoms with Crippen LogP contribution in [0.3, 0.4) is 0 Å². The number of hydrogen-bond donors (Lipinski definition) is 2. The van der Waals surface area contributed by atoms with Gasteiger partial charge in [-0.25, -0.2) is 13.6 Å². The van der Waals surface area contributed by atoms with Crippen LogP contribution in [0.4, 0.5) is 19.3 Å². The van der Waals surface area contributed by atoms with Crippen molar-refractivity contribution < 1.29 is 13.6 Å². The van der Waals surface area contributed by atoms with Gasteiger partial charge in [-0.15, -0.1) is 0 Å². The van der Waals surface area contributed by atoms with Gasteiger partial charge in [-0.05, 0) is 42.1 Å². The first-order chi connectivity index (χ1) is 16.5. The number of likely N-dealkylation sites (N-methyl/N-ethyl adjacent to an activating group) is 1. The minimum Gasteiger partial charge on any atom is -0.371 e. The standard InChI is InChI=1S/C26H35F2N5O/c1-2-31-11-13-32(14-12-31)19-22-6-4-3-5-21(22)17-30-26(34)29-16-20-9-10-33(18-20)23-7-8-24(27)25(28)15-23/h3-8,15,20H,2,9-14,16-19H2,1H3,(H2,29,30,34). The highest BCUT2D eigenvalue weighted by atomic mass is 19.2. The van der Waals surface area contributed by atoms with Gasteiger partial charge >= 0.3 is 6.03 Å². The molecule has 6 nitrogen and oxygen atoms in total. The van der Waals surface area contributed by atoms with Crippen LogP contribution in [0.25, 0.3) is 0 Å². The van der Waals surface area contributed by atoms with E-state index in [9.17, 15) is 13.6 Å². The van der Waals surface area contributed by atoms with Crippen LogP contribution in [0.15, 0.2) is 42.5 Å². The van der Waals surface area contributed by atoms with Crippen molar-refractivity contribution >= 4 is 11.7 Å². The Labute approximate surface area is 200 Å². The van der Waals surface area contributed by atoms with E-state index in [1.54, 1.807) is 6.07 Å². The number of carbonyl (C=O) groups excluding carboxylic acids is 1. The third kappa shape index (κ3) is 6.45. The highest BCUT2D eigenvalue weighted by Gasteiger charge is 2.24. The molecule has 2 aromatic rings. The summed E-state index contributed by atoms with van der Waals surface area (Å²) < 4.78 is 26.7. The average molecular weight is 472 g/mol. The van der Waals surface area contributed by atoms with Crippen molar-refractivity contribution in [1.29, 1.82) is 0 Å². The number of halogens is 2. The van der Waals surface area contributed by atoms with E-state index in [-0.39, 0.29) is 11.9 Å². The molecule has 1 atom stereocenters. The molecule has 0 spiro atoms. The second kappa shape index (κ2) is 11.6. The monoisotopic (exact) mass is 471 g/mol. The summed E-state index contributed by atoms with van der Waals surface area (Å²) in [6.45, 7) is 11.1. The summed E-state index contributed by atoms with van der Waals surface area (Å²) in [4.78, 5) is 19.4. The quantitative estimate of drug-likeness (QED) is 0.620. The number of anilines is 1. The molecule has 0 saturated carbocycles. The number of benzene rings is 2. The smallest absolute Gasteiger partial charge is 0.315 e. The molecule has 0 aliphatic carbocycles. The average Bonchev–Trinajstić information content (AvgIpc) is 3.33. The SMILES string of the molecule is CCN1CCN(Cc2ccccc2CNC(=O)NCC2CCN(c3ccc(F)c(F)c3)C2)CC1. The summed E-state index contributed by atoms with van der Waals surface area (Å²) in [5.74, 6) is -1.40. The third-order valence-corrected chi connectivity index (χ3v) is 6.97. The van der Waals surface area contributed by atoms with Crippen LogP contribution in [0.2, 0.25) is 0 Å². The Kier molecular flexibility index (Phi) is 8.34. The lowest BCUT2D eigenvalue weighted by molar-refractivity contribution is 0.131. The molecule has 184 valence electrons. The third-order valence-electron chi connectivity index (χ3n) is 6.97. The van der Waals surface area contributed by atoms with Crippen LogP contribution in [0, 0.1) is 17.6 Å². The van der Waals surface area contributed by atoms with Gasteiger partial charge in [0.25, 0.3) is 0 Å². The maximum Gasteiger partial charge on any atom is 0.315 e. The molecular formula is C26H35F2N5O. The molecule has 2 saturated heterocycles. The lowest BCUT2D eigenvalue weighted by Crippen LogP contribution is -2.45. The Morgan fingerprint density at radius 3 is 2.41 bits per heavy atom. The summed E-state index contributed by atoms with van der Waals surface area (Å²) in [6, 6.07) is 12.1. The maximum atomic E-state index is 13.5.